The normalized spacial score (nSPS) is 52.2. The van der Waals surface area contributed by atoms with Crippen LogP contribution in [0, 0.1) is 23.2 Å². The molecule has 0 aromatic heterocycles. The Morgan fingerprint density at radius 2 is 1.92 bits per heavy atom. The lowest BCUT2D eigenvalue weighted by Crippen LogP contribution is -2.59. The summed E-state index contributed by atoms with van der Waals surface area (Å²) in [7, 11) is 1.44. The molecule has 2 aliphatic carbocycles. The van der Waals surface area contributed by atoms with Crippen molar-refractivity contribution < 1.29 is 48.5 Å². The molecule has 1 saturated carbocycles. The van der Waals surface area contributed by atoms with Gasteiger partial charge in [-0.1, -0.05) is 18.6 Å². The van der Waals surface area contributed by atoms with Crippen LogP contribution in [0.1, 0.15) is 52.9 Å². The first-order chi connectivity index (χ1) is 18.1. The molecule has 0 aromatic rings. The highest BCUT2D eigenvalue weighted by molar-refractivity contribution is 5.75. The molecule has 38 heavy (non-hydrogen) atoms. The average molecular weight is 537 g/mol. The van der Waals surface area contributed by atoms with Gasteiger partial charge >= 0.3 is 5.97 Å². The van der Waals surface area contributed by atoms with E-state index in [4.69, 9.17) is 28.4 Å². The Morgan fingerprint density at radius 1 is 1.13 bits per heavy atom. The second-order valence-corrected chi connectivity index (χ2v) is 12.3. The largest absolute Gasteiger partial charge is 0.469 e. The highest BCUT2D eigenvalue weighted by Crippen LogP contribution is 2.57. The van der Waals surface area contributed by atoms with Crippen molar-refractivity contribution >= 4 is 5.97 Å². The third kappa shape index (κ3) is 4.06. The number of aliphatic hydroxyl groups excluding tert-OH is 3. The molecule has 3 N–H and O–H groups in total. The maximum Gasteiger partial charge on any atom is 0.312 e. The number of hydrogen-bond acceptors (Lipinski definition) is 10. The number of carbonyl (C=O) groups is 1. The summed E-state index contributed by atoms with van der Waals surface area (Å²) in [5, 5.41) is 32.2. The minimum Gasteiger partial charge on any atom is -0.469 e. The Kier molecular flexibility index (Phi) is 6.70. The fourth-order valence-corrected chi connectivity index (χ4v) is 7.91. The van der Waals surface area contributed by atoms with Crippen LogP contribution in [0.4, 0.5) is 0 Å². The fraction of sp³-hybridized carbons (Fsp3) is 0.821. The molecular weight excluding hydrogens is 496 g/mol. The van der Waals surface area contributed by atoms with Gasteiger partial charge in [-0.3, -0.25) is 4.79 Å². The summed E-state index contributed by atoms with van der Waals surface area (Å²) >= 11 is 0. The number of aliphatic hydroxyl groups is 3. The first kappa shape index (κ1) is 26.7. The summed E-state index contributed by atoms with van der Waals surface area (Å²) in [6.45, 7) is 6.08. The van der Waals surface area contributed by atoms with Gasteiger partial charge in [0.15, 0.2) is 6.29 Å². The molecule has 10 heteroatoms. The number of rotatable bonds is 3. The zero-order chi connectivity index (χ0) is 27.0. The van der Waals surface area contributed by atoms with Crippen LogP contribution in [0.3, 0.4) is 0 Å². The summed E-state index contributed by atoms with van der Waals surface area (Å²) in [4.78, 5) is 13.5. The van der Waals surface area contributed by atoms with Crippen molar-refractivity contribution in [2.24, 2.45) is 23.2 Å². The van der Waals surface area contributed by atoms with Crippen LogP contribution in [0.5, 0.6) is 0 Å². The van der Waals surface area contributed by atoms with Crippen molar-refractivity contribution in [3.05, 3.63) is 23.5 Å². The van der Waals surface area contributed by atoms with Gasteiger partial charge in [-0.2, -0.15) is 0 Å². The van der Waals surface area contributed by atoms with Gasteiger partial charge in [0.05, 0.1) is 43.0 Å². The van der Waals surface area contributed by atoms with Crippen molar-refractivity contribution in [3.63, 3.8) is 0 Å². The Balaban J connectivity index is 1.22. The van der Waals surface area contributed by atoms with E-state index < -0.39 is 54.6 Å². The minimum atomic E-state index is -1.13. The van der Waals surface area contributed by atoms with Gasteiger partial charge in [0, 0.05) is 14.0 Å². The number of hydrogen-bond donors (Lipinski definition) is 3. The van der Waals surface area contributed by atoms with E-state index in [1.807, 2.05) is 13.0 Å². The molecule has 0 spiro atoms. The molecule has 0 amide bonds. The van der Waals surface area contributed by atoms with Crippen molar-refractivity contribution in [1.82, 2.24) is 0 Å². The molecule has 13 unspecified atom stereocenters. The van der Waals surface area contributed by atoms with E-state index in [2.05, 4.69) is 6.92 Å². The Hall–Kier alpha value is -1.53. The Morgan fingerprint density at radius 3 is 2.68 bits per heavy atom. The number of ether oxygens (including phenoxy) is 6. The topological polar surface area (TPSA) is 133 Å². The van der Waals surface area contributed by atoms with Gasteiger partial charge < -0.3 is 43.7 Å². The molecule has 6 aliphatic rings. The number of methoxy groups -OCH3 is 1. The molecule has 6 rings (SSSR count). The van der Waals surface area contributed by atoms with E-state index in [9.17, 15) is 20.1 Å². The van der Waals surface area contributed by atoms with E-state index >= 15 is 0 Å². The van der Waals surface area contributed by atoms with Gasteiger partial charge in [0.25, 0.3) is 0 Å². The van der Waals surface area contributed by atoms with E-state index in [0.717, 1.165) is 30.4 Å². The zero-order valence-corrected chi connectivity index (χ0v) is 22.4. The Labute approximate surface area is 222 Å². The maximum absolute atomic E-state index is 13.5. The third-order valence-electron chi connectivity index (χ3n) is 10.1. The monoisotopic (exact) mass is 536 g/mol. The molecule has 0 bridgehead atoms. The molecule has 4 fully saturated rings. The summed E-state index contributed by atoms with van der Waals surface area (Å²) in [5.41, 5.74) is 1.84. The van der Waals surface area contributed by atoms with E-state index in [-0.39, 0.29) is 35.9 Å². The first-order valence-electron chi connectivity index (χ1n) is 13.9. The van der Waals surface area contributed by atoms with Crippen molar-refractivity contribution in [2.75, 3.05) is 13.7 Å². The average Bonchev–Trinajstić information content (AvgIpc) is 3.38. The first-order valence-corrected chi connectivity index (χ1v) is 13.9. The maximum atomic E-state index is 13.5. The Bertz CT molecular complexity index is 1010. The quantitative estimate of drug-likeness (QED) is 0.360. The van der Waals surface area contributed by atoms with Gasteiger partial charge in [0.2, 0.25) is 5.79 Å². The number of fused-ring (bicyclic) bond motifs is 3. The second kappa shape index (κ2) is 9.54. The second-order valence-electron chi connectivity index (χ2n) is 12.3. The minimum absolute atomic E-state index is 0.108. The van der Waals surface area contributed by atoms with Crippen LogP contribution in [-0.2, 0) is 33.2 Å². The molecule has 0 radical (unpaired) electrons. The molecule has 4 aliphatic heterocycles. The SMILES string of the molecule is COC1C(O)C(C)OC(OC2CCC3(C)C(=CC(O)C4C(=O)OC5COC6(C)OC=C(CCC43)C56)C2)C1O. The van der Waals surface area contributed by atoms with Crippen molar-refractivity contribution in [1.29, 1.82) is 0 Å². The number of carbonyl (C=O) groups excluding carboxylic acids is 1. The molecule has 212 valence electrons. The molecule has 13 atom stereocenters. The van der Waals surface area contributed by atoms with Gasteiger partial charge in [0.1, 0.15) is 24.4 Å². The van der Waals surface area contributed by atoms with Crippen molar-refractivity contribution in [3.8, 4) is 0 Å². The smallest absolute Gasteiger partial charge is 0.312 e. The highest BCUT2D eigenvalue weighted by atomic mass is 16.7. The lowest BCUT2D eigenvalue weighted by molar-refractivity contribution is -0.309. The molecule has 0 aromatic carbocycles. The zero-order valence-electron chi connectivity index (χ0n) is 22.4. The standard InChI is InChI=1S/C28H40O10/c1-13-22(30)24(33-4)23(31)26(36-13)37-16-7-8-27(2)15(9-16)10-18(29)20-17(27)6-5-14-11-34-28(3)21(14)19(12-35-28)38-25(20)32/h10-11,13,16-24,26,29-31H,5-9,12H2,1-4H3. The lowest BCUT2D eigenvalue weighted by atomic mass is 9.55. The predicted octanol–water partition coefficient (Wildman–Crippen LogP) is 1.56. The molecule has 4 heterocycles. The van der Waals surface area contributed by atoms with Crippen LogP contribution in [0.15, 0.2) is 23.5 Å². The predicted molar refractivity (Wildman–Crippen MR) is 131 cm³/mol. The molecule has 10 nitrogen and oxygen atoms in total. The molecular formula is C28H40O10. The van der Waals surface area contributed by atoms with Crippen molar-refractivity contribution in [2.45, 2.75) is 108 Å². The van der Waals surface area contributed by atoms with Gasteiger partial charge in [-0.05, 0) is 55.9 Å². The van der Waals surface area contributed by atoms with Crippen LogP contribution in [0.25, 0.3) is 0 Å². The molecule has 3 saturated heterocycles. The highest BCUT2D eigenvalue weighted by Gasteiger charge is 2.59. The third-order valence-corrected chi connectivity index (χ3v) is 10.1. The van der Waals surface area contributed by atoms with Gasteiger partial charge in [-0.25, -0.2) is 0 Å². The number of esters is 1. The summed E-state index contributed by atoms with van der Waals surface area (Å²) in [5.74, 6) is -2.07. The van der Waals surface area contributed by atoms with Crippen LogP contribution >= 0.6 is 0 Å². The lowest BCUT2D eigenvalue weighted by Gasteiger charge is -2.52. The van der Waals surface area contributed by atoms with Gasteiger partial charge in [-0.15, -0.1) is 0 Å². The van der Waals surface area contributed by atoms with E-state index in [1.165, 1.54) is 7.11 Å². The summed E-state index contributed by atoms with van der Waals surface area (Å²) < 4.78 is 35.1. The summed E-state index contributed by atoms with van der Waals surface area (Å²) in [6.07, 6.45) is 1.06. The van der Waals surface area contributed by atoms with Crippen LogP contribution < -0.4 is 0 Å². The fourth-order valence-electron chi connectivity index (χ4n) is 7.91. The van der Waals surface area contributed by atoms with E-state index in [1.54, 1.807) is 13.2 Å². The summed E-state index contributed by atoms with van der Waals surface area (Å²) in [6, 6.07) is 0. The van der Waals surface area contributed by atoms with Crippen LogP contribution in [-0.4, -0.2) is 89.8 Å². The van der Waals surface area contributed by atoms with E-state index in [0.29, 0.717) is 12.8 Å². The van der Waals surface area contributed by atoms with Crippen LogP contribution in [0.2, 0.25) is 0 Å².